The van der Waals surface area contributed by atoms with Gasteiger partial charge in [0.15, 0.2) is 0 Å². The fourth-order valence-corrected chi connectivity index (χ4v) is 2.77. The lowest BCUT2D eigenvalue weighted by atomic mass is 9.74. The fourth-order valence-electron chi connectivity index (χ4n) is 2.77. The Hall–Kier alpha value is -1.46. The first-order valence-electron chi connectivity index (χ1n) is 7.38. The molecule has 1 unspecified atom stereocenters. The maximum Gasteiger partial charge on any atom is 0.221 e. The van der Waals surface area contributed by atoms with Crippen molar-refractivity contribution in [3.8, 4) is 0 Å². The van der Waals surface area contributed by atoms with Gasteiger partial charge in [-0.3, -0.25) is 4.79 Å². The standard InChI is InChI=1S/C16H23FN2O2/c1-12(18)10-15(20)19-11-16(6-8-21-9-7-16)13-2-4-14(17)5-3-13/h2-5,12H,6-11,18H2,1H3,(H,19,20). The van der Waals surface area contributed by atoms with E-state index in [1.54, 1.807) is 12.1 Å². The summed E-state index contributed by atoms with van der Waals surface area (Å²) in [6, 6.07) is 6.39. The average Bonchev–Trinajstić information content (AvgIpc) is 2.46. The van der Waals surface area contributed by atoms with E-state index in [9.17, 15) is 9.18 Å². The monoisotopic (exact) mass is 294 g/mol. The zero-order valence-corrected chi connectivity index (χ0v) is 12.4. The highest BCUT2D eigenvalue weighted by atomic mass is 19.1. The summed E-state index contributed by atoms with van der Waals surface area (Å²) >= 11 is 0. The number of benzene rings is 1. The van der Waals surface area contributed by atoms with Gasteiger partial charge in [0.2, 0.25) is 5.91 Å². The van der Waals surface area contributed by atoms with Gasteiger partial charge >= 0.3 is 0 Å². The van der Waals surface area contributed by atoms with Crippen molar-refractivity contribution in [2.45, 2.75) is 37.6 Å². The normalized spacial score (nSPS) is 19.0. The number of ether oxygens (including phenoxy) is 1. The van der Waals surface area contributed by atoms with Crippen molar-refractivity contribution in [3.05, 3.63) is 35.6 Å². The van der Waals surface area contributed by atoms with E-state index in [-0.39, 0.29) is 23.2 Å². The van der Waals surface area contributed by atoms with Crippen LogP contribution in [-0.4, -0.2) is 31.7 Å². The van der Waals surface area contributed by atoms with Gasteiger partial charge in [-0.2, -0.15) is 0 Å². The molecule has 1 heterocycles. The summed E-state index contributed by atoms with van der Waals surface area (Å²) in [4.78, 5) is 11.8. The van der Waals surface area contributed by atoms with Gasteiger partial charge in [-0.05, 0) is 37.5 Å². The second-order valence-electron chi connectivity index (χ2n) is 5.86. The van der Waals surface area contributed by atoms with E-state index in [0.717, 1.165) is 18.4 Å². The van der Waals surface area contributed by atoms with Crippen LogP contribution in [0.2, 0.25) is 0 Å². The van der Waals surface area contributed by atoms with Crippen molar-refractivity contribution in [1.82, 2.24) is 5.32 Å². The zero-order valence-electron chi connectivity index (χ0n) is 12.4. The topological polar surface area (TPSA) is 64.4 Å². The zero-order chi connectivity index (χ0) is 15.3. The number of carbonyl (C=O) groups is 1. The van der Waals surface area contributed by atoms with Gasteiger partial charge in [0, 0.05) is 37.6 Å². The van der Waals surface area contributed by atoms with E-state index >= 15 is 0 Å². The molecule has 1 aliphatic rings. The maximum absolute atomic E-state index is 13.1. The summed E-state index contributed by atoms with van der Waals surface area (Å²) in [5, 5.41) is 2.97. The van der Waals surface area contributed by atoms with Crippen LogP contribution in [0, 0.1) is 5.82 Å². The van der Waals surface area contributed by atoms with Crippen LogP contribution in [0.1, 0.15) is 31.7 Å². The van der Waals surface area contributed by atoms with Crippen molar-refractivity contribution in [2.24, 2.45) is 5.73 Å². The second-order valence-corrected chi connectivity index (χ2v) is 5.86. The molecule has 0 aliphatic carbocycles. The lowest BCUT2D eigenvalue weighted by Crippen LogP contribution is -2.45. The summed E-state index contributed by atoms with van der Waals surface area (Å²) in [5.41, 5.74) is 6.51. The molecule has 1 saturated heterocycles. The molecule has 0 aromatic heterocycles. The van der Waals surface area contributed by atoms with Crippen LogP contribution in [-0.2, 0) is 14.9 Å². The molecule has 21 heavy (non-hydrogen) atoms. The molecule has 2 rings (SSSR count). The molecule has 1 aliphatic heterocycles. The summed E-state index contributed by atoms with van der Waals surface area (Å²) in [6.45, 7) is 3.65. The molecule has 1 amide bonds. The number of hydrogen-bond donors (Lipinski definition) is 2. The predicted octanol–water partition coefficient (Wildman–Crippen LogP) is 1.73. The lowest BCUT2D eigenvalue weighted by molar-refractivity contribution is -0.121. The quantitative estimate of drug-likeness (QED) is 0.869. The molecule has 1 aromatic carbocycles. The van der Waals surface area contributed by atoms with Crippen molar-refractivity contribution in [1.29, 1.82) is 0 Å². The molecule has 0 spiro atoms. The van der Waals surface area contributed by atoms with Crippen LogP contribution in [0.3, 0.4) is 0 Å². The first kappa shape index (κ1) is 15.9. The van der Waals surface area contributed by atoms with Gasteiger partial charge in [-0.25, -0.2) is 4.39 Å². The average molecular weight is 294 g/mol. The Labute approximate surface area is 124 Å². The first-order valence-corrected chi connectivity index (χ1v) is 7.38. The second kappa shape index (κ2) is 7.00. The molecule has 1 fully saturated rings. The minimum Gasteiger partial charge on any atom is -0.381 e. The Bertz CT molecular complexity index is 468. The van der Waals surface area contributed by atoms with Gasteiger partial charge in [0.05, 0.1) is 0 Å². The number of nitrogens with one attached hydrogen (secondary N) is 1. The van der Waals surface area contributed by atoms with E-state index in [1.807, 2.05) is 6.92 Å². The molecular weight excluding hydrogens is 271 g/mol. The molecule has 0 bridgehead atoms. The molecule has 0 radical (unpaired) electrons. The highest BCUT2D eigenvalue weighted by Gasteiger charge is 2.34. The number of halogens is 1. The van der Waals surface area contributed by atoms with Crippen LogP contribution in [0.25, 0.3) is 0 Å². The smallest absolute Gasteiger partial charge is 0.221 e. The molecule has 0 saturated carbocycles. The highest BCUT2D eigenvalue weighted by molar-refractivity contribution is 5.76. The molecule has 3 N–H and O–H groups in total. The minimum absolute atomic E-state index is 0.0435. The predicted molar refractivity (Wildman–Crippen MR) is 79.4 cm³/mol. The van der Waals surface area contributed by atoms with E-state index in [0.29, 0.717) is 26.2 Å². The SMILES string of the molecule is CC(N)CC(=O)NCC1(c2ccc(F)cc2)CCOCC1. The third-order valence-electron chi connectivity index (χ3n) is 4.04. The van der Waals surface area contributed by atoms with Crippen molar-refractivity contribution < 1.29 is 13.9 Å². The summed E-state index contributed by atoms with van der Waals surface area (Å²) < 4.78 is 18.6. The van der Waals surface area contributed by atoms with E-state index in [4.69, 9.17) is 10.5 Å². The van der Waals surface area contributed by atoms with Crippen molar-refractivity contribution in [3.63, 3.8) is 0 Å². The Morgan fingerprint density at radius 3 is 2.57 bits per heavy atom. The fraction of sp³-hybridized carbons (Fsp3) is 0.562. The highest BCUT2D eigenvalue weighted by Crippen LogP contribution is 2.34. The molecule has 1 aromatic rings. The van der Waals surface area contributed by atoms with Gasteiger partial charge in [-0.15, -0.1) is 0 Å². The van der Waals surface area contributed by atoms with E-state index in [2.05, 4.69) is 5.32 Å². The summed E-state index contributed by atoms with van der Waals surface area (Å²) in [6.07, 6.45) is 1.95. The largest absolute Gasteiger partial charge is 0.381 e. The number of carbonyl (C=O) groups excluding carboxylic acids is 1. The van der Waals surface area contributed by atoms with Gasteiger partial charge in [-0.1, -0.05) is 12.1 Å². The lowest BCUT2D eigenvalue weighted by Gasteiger charge is -2.38. The molecule has 4 nitrogen and oxygen atoms in total. The maximum atomic E-state index is 13.1. The van der Waals surface area contributed by atoms with Crippen LogP contribution >= 0.6 is 0 Å². The van der Waals surface area contributed by atoms with Crippen LogP contribution in [0.4, 0.5) is 4.39 Å². The third-order valence-corrected chi connectivity index (χ3v) is 4.04. The summed E-state index contributed by atoms with van der Waals surface area (Å²) in [5.74, 6) is -0.292. The number of nitrogens with two attached hydrogens (primary N) is 1. The van der Waals surface area contributed by atoms with Crippen LogP contribution in [0.5, 0.6) is 0 Å². The Morgan fingerprint density at radius 1 is 1.38 bits per heavy atom. The first-order chi connectivity index (χ1) is 10.0. The number of rotatable bonds is 5. The van der Waals surface area contributed by atoms with Gasteiger partial charge in [0.1, 0.15) is 5.82 Å². The Balaban J connectivity index is 2.10. The number of hydrogen-bond acceptors (Lipinski definition) is 3. The molecule has 5 heteroatoms. The molecule has 116 valence electrons. The number of amides is 1. The van der Waals surface area contributed by atoms with Crippen LogP contribution in [0.15, 0.2) is 24.3 Å². The van der Waals surface area contributed by atoms with Crippen molar-refractivity contribution >= 4 is 5.91 Å². The van der Waals surface area contributed by atoms with Gasteiger partial charge < -0.3 is 15.8 Å². The van der Waals surface area contributed by atoms with E-state index < -0.39 is 0 Å². The Morgan fingerprint density at radius 2 is 2.00 bits per heavy atom. The third kappa shape index (κ3) is 4.25. The van der Waals surface area contributed by atoms with E-state index in [1.165, 1.54) is 12.1 Å². The summed E-state index contributed by atoms with van der Waals surface area (Å²) in [7, 11) is 0. The molecule has 1 atom stereocenters. The molecular formula is C16H23FN2O2. The van der Waals surface area contributed by atoms with Gasteiger partial charge in [0.25, 0.3) is 0 Å². The Kier molecular flexibility index (Phi) is 5.31. The van der Waals surface area contributed by atoms with Crippen molar-refractivity contribution in [2.75, 3.05) is 19.8 Å². The van der Waals surface area contributed by atoms with Crippen LogP contribution < -0.4 is 11.1 Å². The minimum atomic E-state index is -0.248.